The van der Waals surface area contributed by atoms with Crippen LogP contribution >= 0.6 is 0 Å². The van der Waals surface area contributed by atoms with Crippen molar-refractivity contribution in [3.8, 4) is 11.6 Å². The molecule has 4 rings (SSSR count). The molecule has 308 valence electrons. The van der Waals surface area contributed by atoms with Crippen LogP contribution in [0.2, 0.25) is 0 Å². The maximum absolute atomic E-state index is 13.1. The number of likely N-dealkylation sites (tertiary alicyclic amines) is 1. The first kappa shape index (κ1) is 45.8. The van der Waals surface area contributed by atoms with Gasteiger partial charge in [0, 0.05) is 41.9 Å². The van der Waals surface area contributed by atoms with Crippen LogP contribution in [0.1, 0.15) is 104 Å². The standard InChI is InChI=1S/C27H37N3O4.C6H11NO3S.C6H13NO2.3H2/c1-5-6-7-10-18(2)13-19(3)14-25(31)30-17-20(15-23(30)26(28)32)34-27-22-12-9-8-11-21(22)24(33-4)16-29-27;1-5(8)7-11(9,10)6-3-2-4-6;1-6(2,3)9-5(8)7-4;;;/h5-6,8-9,11-12,16,18-20,23H,7,10,13-15,17H2,1-4H3,(H2,28,32);6H,2-4H2,1H3,(H,7,8);1-4H3,(H,7,8);3*1H/b6-5-;;;;;/t18-,19+,20+,23-;;;;;/m0...../s1. The number of sulfonamides is 1. The Bertz CT molecular complexity index is 1710. The second-order valence-electron chi connectivity index (χ2n) is 14.9. The molecule has 1 aliphatic heterocycles. The molecule has 15 heteroatoms. The molecule has 2 aliphatic rings. The fraction of sp³-hybridized carbons (Fsp3) is 0.615. The van der Waals surface area contributed by atoms with Gasteiger partial charge in [0.1, 0.15) is 23.5 Å². The Balaban J connectivity index is 0. The summed E-state index contributed by atoms with van der Waals surface area (Å²) in [6.07, 6.45) is 11.3. The van der Waals surface area contributed by atoms with Crippen molar-refractivity contribution in [1.29, 1.82) is 0 Å². The molecule has 1 saturated heterocycles. The molecule has 1 aromatic heterocycles. The van der Waals surface area contributed by atoms with E-state index in [4.69, 9.17) is 19.9 Å². The maximum Gasteiger partial charge on any atom is 0.407 e. The van der Waals surface area contributed by atoms with Crippen LogP contribution in [0.5, 0.6) is 11.6 Å². The lowest BCUT2D eigenvalue weighted by Gasteiger charge is -2.24. The number of carbonyl (C=O) groups excluding carboxylic acids is 4. The summed E-state index contributed by atoms with van der Waals surface area (Å²) in [4.78, 5) is 52.2. The Hall–Kier alpha value is -4.40. The van der Waals surface area contributed by atoms with Crippen LogP contribution in [0, 0.1) is 11.8 Å². The van der Waals surface area contributed by atoms with Crippen LogP contribution in [0.15, 0.2) is 42.6 Å². The lowest BCUT2D eigenvalue weighted by molar-refractivity contribution is -0.138. The summed E-state index contributed by atoms with van der Waals surface area (Å²) in [5, 5.41) is 3.75. The number of aromatic nitrogens is 1. The molecule has 2 heterocycles. The van der Waals surface area contributed by atoms with E-state index in [1.807, 2.05) is 56.7 Å². The monoisotopic (exact) mass is 781 g/mol. The molecule has 0 bridgehead atoms. The molecule has 14 nitrogen and oxygen atoms in total. The molecule has 4 atom stereocenters. The number of pyridine rings is 1. The zero-order chi connectivity index (χ0) is 40.6. The van der Waals surface area contributed by atoms with Gasteiger partial charge in [-0.05, 0) is 77.7 Å². The molecule has 1 aromatic carbocycles. The van der Waals surface area contributed by atoms with E-state index in [0.717, 1.165) is 36.5 Å². The lowest BCUT2D eigenvalue weighted by atomic mass is 9.91. The number of rotatable bonds is 13. The first-order chi connectivity index (χ1) is 25.3. The van der Waals surface area contributed by atoms with Crippen molar-refractivity contribution in [1.82, 2.24) is 19.9 Å². The fourth-order valence-electron chi connectivity index (χ4n) is 6.13. The van der Waals surface area contributed by atoms with E-state index in [1.54, 1.807) is 18.2 Å². The van der Waals surface area contributed by atoms with Crippen molar-refractivity contribution in [2.24, 2.45) is 17.6 Å². The lowest BCUT2D eigenvalue weighted by Crippen LogP contribution is -2.44. The fourth-order valence-corrected chi connectivity index (χ4v) is 7.65. The molecule has 2 fully saturated rings. The van der Waals surface area contributed by atoms with E-state index in [1.165, 1.54) is 14.0 Å². The smallest absolute Gasteiger partial charge is 0.407 e. The van der Waals surface area contributed by atoms with Crippen molar-refractivity contribution in [2.75, 3.05) is 20.7 Å². The summed E-state index contributed by atoms with van der Waals surface area (Å²) < 4.78 is 40.6. The Morgan fingerprint density at radius 2 is 1.76 bits per heavy atom. The molecule has 2 aromatic rings. The number of carbonyl (C=O) groups is 4. The average molecular weight is 782 g/mol. The van der Waals surface area contributed by atoms with Gasteiger partial charge < -0.3 is 30.2 Å². The molecular weight excluding hydrogens is 715 g/mol. The SMILES string of the molecule is C/C=C\CC[C@H](C)C[C@@H](C)CC(=O)N1C[C@H](Oc2ncc(OC)c3ccccc23)C[C@H]1C(N)=O.CC(=O)NS(=O)(=O)C1CCC1.CNC(=O)OC(C)(C)C.[HH].[HH].[HH]. The zero-order valence-electron chi connectivity index (χ0n) is 33.3. The highest BCUT2D eigenvalue weighted by Crippen LogP contribution is 2.33. The topological polar surface area (TPSA) is 196 Å². The highest BCUT2D eigenvalue weighted by molar-refractivity contribution is 7.90. The largest absolute Gasteiger partial charge is 0.494 e. The third-order valence-electron chi connectivity index (χ3n) is 8.90. The van der Waals surface area contributed by atoms with Crippen molar-refractivity contribution in [2.45, 2.75) is 123 Å². The van der Waals surface area contributed by atoms with E-state index in [0.29, 0.717) is 49.8 Å². The Morgan fingerprint density at radius 3 is 2.26 bits per heavy atom. The predicted molar refractivity (Wildman–Crippen MR) is 216 cm³/mol. The van der Waals surface area contributed by atoms with Gasteiger partial charge in [-0.1, -0.05) is 50.6 Å². The van der Waals surface area contributed by atoms with Crippen LogP contribution < -0.4 is 25.2 Å². The number of nitrogens with zero attached hydrogens (tertiary/aromatic N) is 2. The Morgan fingerprint density at radius 1 is 1.11 bits per heavy atom. The van der Waals surface area contributed by atoms with Crippen molar-refractivity contribution in [3.63, 3.8) is 0 Å². The number of nitrogens with two attached hydrogens (primary N) is 1. The highest BCUT2D eigenvalue weighted by atomic mass is 32.2. The summed E-state index contributed by atoms with van der Waals surface area (Å²) in [5.74, 6) is 0.841. The molecule has 0 spiro atoms. The molecule has 0 radical (unpaired) electrons. The van der Waals surface area contributed by atoms with Gasteiger partial charge in [-0.2, -0.15) is 0 Å². The number of allylic oxidation sites excluding steroid dienone is 2. The number of methoxy groups -OCH3 is 1. The van der Waals surface area contributed by atoms with E-state index in [-0.39, 0.29) is 39.2 Å². The minimum absolute atomic E-state index is 0. The zero-order valence-corrected chi connectivity index (χ0v) is 34.2. The average Bonchev–Trinajstić information content (AvgIpc) is 3.47. The number of amides is 4. The maximum atomic E-state index is 13.1. The summed E-state index contributed by atoms with van der Waals surface area (Å²) in [7, 11) is -0.183. The number of benzene rings is 1. The molecule has 4 amide bonds. The minimum atomic E-state index is -3.32. The van der Waals surface area contributed by atoms with Crippen molar-refractivity contribution < 1.29 is 46.1 Å². The Kier molecular flexibility index (Phi) is 18.2. The van der Waals surface area contributed by atoms with Crippen LogP contribution in [0.3, 0.4) is 0 Å². The molecule has 4 N–H and O–H groups in total. The molecule has 0 unspecified atom stereocenters. The summed E-state index contributed by atoms with van der Waals surface area (Å²) in [6, 6.07) is 7.04. The normalized spacial score (nSPS) is 18.2. The van der Waals surface area contributed by atoms with Gasteiger partial charge in [-0.3, -0.25) is 19.1 Å². The van der Waals surface area contributed by atoms with Gasteiger partial charge in [0.05, 0.1) is 25.1 Å². The first-order valence-electron chi connectivity index (χ1n) is 18.5. The van der Waals surface area contributed by atoms with E-state index in [9.17, 15) is 27.6 Å². The van der Waals surface area contributed by atoms with E-state index in [2.05, 4.69) is 36.3 Å². The van der Waals surface area contributed by atoms with Crippen LogP contribution in [-0.4, -0.2) is 85.8 Å². The first-order valence-corrected chi connectivity index (χ1v) is 20.1. The second kappa shape index (κ2) is 21.5. The number of ether oxygens (including phenoxy) is 3. The summed E-state index contributed by atoms with van der Waals surface area (Å²) >= 11 is 0. The van der Waals surface area contributed by atoms with E-state index < -0.39 is 27.9 Å². The molecule has 54 heavy (non-hydrogen) atoms. The molecular formula is C39H67N5O9S. The predicted octanol–water partition coefficient (Wildman–Crippen LogP) is 6.37. The van der Waals surface area contributed by atoms with Gasteiger partial charge >= 0.3 is 6.09 Å². The number of hydrogen-bond donors (Lipinski definition) is 3. The van der Waals surface area contributed by atoms with Gasteiger partial charge in [0.2, 0.25) is 33.6 Å². The van der Waals surface area contributed by atoms with Gasteiger partial charge in [0.15, 0.2) is 0 Å². The van der Waals surface area contributed by atoms with Gasteiger partial charge in [0.25, 0.3) is 0 Å². The van der Waals surface area contributed by atoms with Crippen molar-refractivity contribution in [3.05, 3.63) is 42.6 Å². The number of fused-ring (bicyclic) bond motifs is 1. The molecule has 1 saturated carbocycles. The summed E-state index contributed by atoms with van der Waals surface area (Å²) in [6.45, 7) is 13.3. The van der Waals surface area contributed by atoms with Crippen molar-refractivity contribution >= 4 is 44.6 Å². The minimum Gasteiger partial charge on any atom is -0.494 e. The number of hydrogen-bond acceptors (Lipinski definition) is 10. The number of nitrogens with one attached hydrogen (secondary N) is 2. The molecule has 1 aliphatic carbocycles. The second-order valence-corrected chi connectivity index (χ2v) is 16.9. The quantitative estimate of drug-likeness (QED) is 0.192. The third kappa shape index (κ3) is 15.2. The summed E-state index contributed by atoms with van der Waals surface area (Å²) in [5.41, 5.74) is 5.27. The van der Waals surface area contributed by atoms with Crippen LogP contribution in [0.4, 0.5) is 4.79 Å². The highest BCUT2D eigenvalue weighted by Gasteiger charge is 2.40. The van der Waals surface area contributed by atoms with Crippen LogP contribution in [-0.2, 0) is 29.1 Å². The van der Waals surface area contributed by atoms with E-state index >= 15 is 0 Å². The van der Waals surface area contributed by atoms with Crippen LogP contribution in [0.25, 0.3) is 10.8 Å². The van der Waals surface area contributed by atoms with Gasteiger partial charge in [-0.15, -0.1) is 0 Å². The van der Waals surface area contributed by atoms with Gasteiger partial charge in [-0.25, -0.2) is 18.2 Å². The third-order valence-corrected chi connectivity index (χ3v) is 10.8. The Labute approximate surface area is 325 Å². The number of primary amides is 1. The number of alkyl carbamates (subject to hydrolysis) is 1.